The highest BCUT2D eigenvalue weighted by Gasteiger charge is 2.43. The van der Waals surface area contributed by atoms with Crippen LogP contribution in [0.15, 0.2) is 0 Å². The number of ether oxygens (including phenoxy) is 1. The van der Waals surface area contributed by atoms with E-state index in [1.165, 1.54) is 25.7 Å². The van der Waals surface area contributed by atoms with Gasteiger partial charge in [-0.15, -0.1) is 0 Å². The van der Waals surface area contributed by atoms with Crippen molar-refractivity contribution in [1.29, 1.82) is 0 Å². The molecule has 1 saturated heterocycles. The van der Waals surface area contributed by atoms with E-state index in [4.69, 9.17) is 9.84 Å². The SMILES string of the molecule is CC(C)C(C(=O)O)S(=O)(=O)C(C)C(=O)N1CCOCC1. The Labute approximate surface area is 118 Å². The van der Waals surface area contributed by atoms with E-state index in [1.807, 2.05) is 0 Å². The zero-order valence-corrected chi connectivity index (χ0v) is 12.7. The van der Waals surface area contributed by atoms with Gasteiger partial charge in [-0.3, -0.25) is 9.59 Å². The molecule has 8 heteroatoms. The molecular formula is C12H21NO6S. The quantitative estimate of drug-likeness (QED) is 0.752. The Morgan fingerprint density at radius 1 is 1.15 bits per heavy atom. The number of amides is 1. The first-order valence-corrected chi connectivity index (χ1v) is 8.12. The van der Waals surface area contributed by atoms with Gasteiger partial charge in [0.1, 0.15) is 5.25 Å². The number of hydrogen-bond donors (Lipinski definition) is 1. The highest BCUT2D eigenvalue weighted by atomic mass is 32.2. The lowest BCUT2D eigenvalue weighted by Crippen LogP contribution is -2.50. The average molecular weight is 307 g/mol. The summed E-state index contributed by atoms with van der Waals surface area (Å²) in [6.07, 6.45) is 0. The number of carboxylic acid groups (broad SMARTS) is 1. The van der Waals surface area contributed by atoms with Crippen LogP contribution in [0.25, 0.3) is 0 Å². The van der Waals surface area contributed by atoms with E-state index in [2.05, 4.69) is 0 Å². The molecule has 1 N–H and O–H groups in total. The second-order valence-corrected chi connectivity index (χ2v) is 7.56. The van der Waals surface area contributed by atoms with Gasteiger partial charge in [0.2, 0.25) is 5.91 Å². The first-order chi connectivity index (χ1) is 9.19. The van der Waals surface area contributed by atoms with E-state index in [-0.39, 0.29) is 0 Å². The smallest absolute Gasteiger partial charge is 0.322 e. The molecule has 1 fully saturated rings. The summed E-state index contributed by atoms with van der Waals surface area (Å²) in [7, 11) is -4.08. The number of morpholine rings is 1. The fraction of sp³-hybridized carbons (Fsp3) is 0.833. The van der Waals surface area contributed by atoms with Gasteiger partial charge in [-0.2, -0.15) is 0 Å². The first kappa shape index (κ1) is 16.9. The molecule has 2 unspecified atom stereocenters. The van der Waals surface area contributed by atoms with Gasteiger partial charge in [0.25, 0.3) is 0 Å². The van der Waals surface area contributed by atoms with Crippen LogP contribution in [-0.4, -0.2) is 67.1 Å². The molecule has 0 aromatic rings. The molecule has 1 heterocycles. The first-order valence-electron chi connectivity index (χ1n) is 6.51. The molecule has 2 atom stereocenters. The highest BCUT2D eigenvalue weighted by molar-refractivity contribution is 7.94. The molecule has 1 aliphatic heterocycles. The average Bonchev–Trinajstić information content (AvgIpc) is 2.36. The molecule has 0 bridgehead atoms. The van der Waals surface area contributed by atoms with Crippen molar-refractivity contribution in [3.8, 4) is 0 Å². The Morgan fingerprint density at radius 3 is 2.05 bits per heavy atom. The molecule has 1 aliphatic rings. The van der Waals surface area contributed by atoms with Crippen LogP contribution in [-0.2, 0) is 24.2 Å². The van der Waals surface area contributed by atoms with E-state index in [0.29, 0.717) is 26.3 Å². The number of rotatable bonds is 5. The Bertz CT molecular complexity index is 466. The Balaban J connectivity index is 2.95. The minimum absolute atomic E-state index is 0.331. The highest BCUT2D eigenvalue weighted by Crippen LogP contribution is 2.20. The monoisotopic (exact) mass is 307 g/mol. The largest absolute Gasteiger partial charge is 0.480 e. The summed E-state index contributed by atoms with van der Waals surface area (Å²) >= 11 is 0. The topological polar surface area (TPSA) is 101 Å². The van der Waals surface area contributed by atoms with Crippen LogP contribution in [0.2, 0.25) is 0 Å². The number of nitrogens with zero attached hydrogens (tertiary/aromatic N) is 1. The van der Waals surface area contributed by atoms with Crippen LogP contribution >= 0.6 is 0 Å². The third kappa shape index (κ3) is 3.49. The van der Waals surface area contributed by atoms with Crippen molar-refractivity contribution in [2.45, 2.75) is 31.3 Å². The molecule has 0 spiro atoms. The number of carboxylic acids is 1. The van der Waals surface area contributed by atoms with Crippen molar-refractivity contribution >= 4 is 21.7 Å². The third-order valence-corrected chi connectivity index (χ3v) is 6.01. The minimum Gasteiger partial charge on any atom is -0.480 e. The number of aliphatic carboxylic acids is 1. The fourth-order valence-corrected chi connectivity index (χ4v) is 4.12. The normalized spacial score (nSPS) is 19.7. The molecule has 0 aliphatic carbocycles. The lowest BCUT2D eigenvalue weighted by Gasteiger charge is -2.30. The summed E-state index contributed by atoms with van der Waals surface area (Å²) in [4.78, 5) is 24.8. The van der Waals surface area contributed by atoms with Crippen LogP contribution in [0.5, 0.6) is 0 Å². The number of hydrogen-bond acceptors (Lipinski definition) is 5. The van der Waals surface area contributed by atoms with E-state index in [0.717, 1.165) is 0 Å². The van der Waals surface area contributed by atoms with E-state index < -0.39 is 38.1 Å². The van der Waals surface area contributed by atoms with Crippen LogP contribution < -0.4 is 0 Å². The molecule has 7 nitrogen and oxygen atoms in total. The summed E-state index contributed by atoms with van der Waals surface area (Å²) in [5.41, 5.74) is 0. The summed E-state index contributed by atoms with van der Waals surface area (Å²) < 4.78 is 29.8. The Morgan fingerprint density at radius 2 is 1.65 bits per heavy atom. The van der Waals surface area contributed by atoms with Crippen LogP contribution in [0.1, 0.15) is 20.8 Å². The predicted molar refractivity (Wildman–Crippen MR) is 72.0 cm³/mol. The second kappa shape index (κ2) is 6.53. The lowest BCUT2D eigenvalue weighted by molar-refractivity contribution is -0.137. The van der Waals surface area contributed by atoms with Crippen molar-refractivity contribution in [1.82, 2.24) is 4.90 Å². The van der Waals surface area contributed by atoms with Crippen molar-refractivity contribution in [2.24, 2.45) is 5.92 Å². The van der Waals surface area contributed by atoms with E-state index in [1.54, 1.807) is 0 Å². The molecule has 0 saturated carbocycles. The third-order valence-electron chi connectivity index (χ3n) is 3.37. The van der Waals surface area contributed by atoms with Gasteiger partial charge < -0.3 is 14.7 Å². The maximum Gasteiger partial charge on any atom is 0.322 e. The van der Waals surface area contributed by atoms with E-state index >= 15 is 0 Å². The summed E-state index contributed by atoms with van der Waals surface area (Å²) in [6.45, 7) is 5.68. The molecule has 20 heavy (non-hydrogen) atoms. The van der Waals surface area contributed by atoms with Crippen LogP contribution in [0, 0.1) is 5.92 Å². The fourth-order valence-electron chi connectivity index (χ4n) is 2.21. The van der Waals surface area contributed by atoms with Crippen molar-refractivity contribution < 1.29 is 27.9 Å². The van der Waals surface area contributed by atoms with Crippen molar-refractivity contribution in [2.75, 3.05) is 26.3 Å². The van der Waals surface area contributed by atoms with Crippen molar-refractivity contribution in [3.05, 3.63) is 0 Å². The number of carbonyl (C=O) groups is 2. The molecule has 0 aromatic heterocycles. The summed E-state index contributed by atoms with van der Waals surface area (Å²) in [5.74, 6) is -2.57. The molecule has 0 radical (unpaired) electrons. The zero-order chi connectivity index (χ0) is 15.5. The minimum atomic E-state index is -4.08. The van der Waals surface area contributed by atoms with Gasteiger partial charge >= 0.3 is 5.97 Å². The predicted octanol–water partition coefficient (Wildman–Crippen LogP) is -0.242. The van der Waals surface area contributed by atoms with Gasteiger partial charge in [0.15, 0.2) is 15.1 Å². The Kier molecular flexibility index (Phi) is 5.52. The van der Waals surface area contributed by atoms with Crippen LogP contribution in [0.3, 0.4) is 0 Å². The number of carbonyl (C=O) groups excluding carboxylic acids is 1. The lowest BCUT2D eigenvalue weighted by atomic mass is 10.1. The number of sulfone groups is 1. The standard InChI is InChI=1S/C12H21NO6S/c1-8(2)10(12(15)16)20(17,18)9(3)11(14)13-4-6-19-7-5-13/h8-10H,4-7H2,1-3H3,(H,15,16). The molecular weight excluding hydrogens is 286 g/mol. The van der Waals surface area contributed by atoms with Crippen molar-refractivity contribution in [3.63, 3.8) is 0 Å². The van der Waals surface area contributed by atoms with Gasteiger partial charge in [0, 0.05) is 13.1 Å². The van der Waals surface area contributed by atoms with Crippen LogP contribution in [0.4, 0.5) is 0 Å². The molecule has 0 aromatic carbocycles. The van der Waals surface area contributed by atoms with E-state index in [9.17, 15) is 18.0 Å². The van der Waals surface area contributed by atoms with Gasteiger partial charge in [-0.1, -0.05) is 13.8 Å². The maximum atomic E-state index is 12.3. The molecule has 116 valence electrons. The van der Waals surface area contributed by atoms with Gasteiger partial charge in [-0.05, 0) is 12.8 Å². The Hall–Kier alpha value is -1.15. The molecule has 1 rings (SSSR count). The summed E-state index contributed by atoms with van der Waals surface area (Å²) in [6, 6.07) is 0. The zero-order valence-electron chi connectivity index (χ0n) is 11.9. The summed E-state index contributed by atoms with van der Waals surface area (Å²) in [5, 5.41) is 6.17. The van der Waals surface area contributed by atoms with Gasteiger partial charge in [-0.25, -0.2) is 8.42 Å². The maximum absolute atomic E-state index is 12.3. The second-order valence-electron chi connectivity index (χ2n) is 5.17. The molecule has 1 amide bonds. The van der Waals surface area contributed by atoms with Gasteiger partial charge in [0.05, 0.1) is 13.2 Å².